The molecule has 0 spiro atoms. The van der Waals surface area contributed by atoms with Crippen LogP contribution >= 0.6 is 11.8 Å². The van der Waals surface area contributed by atoms with Gasteiger partial charge in [-0.2, -0.15) is 11.8 Å². The van der Waals surface area contributed by atoms with Crippen LogP contribution in [-0.4, -0.2) is 70.0 Å². The number of nitrogens with zero attached hydrogens (tertiary/aromatic N) is 1. The fraction of sp³-hybridized carbons (Fsp3) is 0.773. The van der Waals surface area contributed by atoms with Crippen LogP contribution in [0.2, 0.25) is 0 Å². The number of amides is 2. The number of fused-ring (bicyclic) bond motifs is 2. The van der Waals surface area contributed by atoms with Gasteiger partial charge in [0.1, 0.15) is 0 Å². The minimum atomic E-state index is -0.783. The highest BCUT2D eigenvalue weighted by molar-refractivity contribution is 7.99. The van der Waals surface area contributed by atoms with Gasteiger partial charge in [-0.25, -0.2) is 5.06 Å². The molecule has 3 N–H and O–H groups in total. The van der Waals surface area contributed by atoms with Crippen LogP contribution in [0.25, 0.3) is 0 Å². The molecule has 0 aliphatic carbocycles. The Balaban J connectivity index is 1.73. The van der Waals surface area contributed by atoms with Gasteiger partial charge in [0.05, 0.1) is 31.1 Å². The molecule has 2 bridgehead atoms. The highest BCUT2D eigenvalue weighted by Crippen LogP contribution is 2.45. The van der Waals surface area contributed by atoms with Crippen molar-refractivity contribution >= 4 is 29.5 Å². The Labute approximate surface area is 188 Å². The van der Waals surface area contributed by atoms with Crippen LogP contribution in [0.1, 0.15) is 58.3 Å². The Bertz CT molecular complexity index is 629. The van der Waals surface area contributed by atoms with Crippen molar-refractivity contribution in [2.75, 3.05) is 24.6 Å². The molecule has 0 aromatic carbocycles. The van der Waals surface area contributed by atoms with Gasteiger partial charge in [-0.3, -0.25) is 19.6 Å². The summed E-state index contributed by atoms with van der Waals surface area (Å²) in [5, 5.41) is 22.3. The molecule has 0 unspecified atom stereocenters. The molecule has 9 heteroatoms. The van der Waals surface area contributed by atoms with Crippen LogP contribution in [0.3, 0.4) is 0 Å². The standard InChI is InChI=1S/C22H36N2O6S/c1-2-3-12-31-15-20(25)23-13-21(26)24(29)14-17-16(18-10-11-19(17)30-18)8-6-4-5-7-9-22(27)28/h4,6,16-19,29H,2-3,5,7-15H2,1H3,(H,23,25)(H,27,28)/b6-4-/t16-,17+,18-,19+/m0/s1. The fourth-order valence-corrected chi connectivity index (χ4v) is 5.15. The van der Waals surface area contributed by atoms with Crippen molar-refractivity contribution < 1.29 is 29.4 Å². The number of unbranched alkanes of at least 4 members (excludes halogenated alkanes) is 2. The van der Waals surface area contributed by atoms with Crippen LogP contribution in [-0.2, 0) is 19.1 Å². The number of allylic oxidation sites excluding steroid dienone is 2. The van der Waals surface area contributed by atoms with Gasteiger partial charge in [-0.1, -0.05) is 25.5 Å². The molecule has 2 heterocycles. The van der Waals surface area contributed by atoms with Gasteiger partial charge in [0.15, 0.2) is 0 Å². The molecule has 0 aromatic rings. The quantitative estimate of drug-likeness (QED) is 0.150. The van der Waals surface area contributed by atoms with Crippen molar-refractivity contribution in [3.05, 3.63) is 12.2 Å². The summed E-state index contributed by atoms with van der Waals surface area (Å²) in [6.07, 6.45) is 10.6. The number of hydroxylamine groups is 2. The number of carbonyl (C=O) groups is 3. The summed E-state index contributed by atoms with van der Waals surface area (Å²) in [7, 11) is 0. The van der Waals surface area contributed by atoms with E-state index in [0.29, 0.717) is 12.2 Å². The normalized spacial score (nSPS) is 24.6. The Hall–Kier alpha value is -1.58. The maximum atomic E-state index is 12.3. The topological polar surface area (TPSA) is 116 Å². The third kappa shape index (κ3) is 8.82. The molecule has 8 nitrogen and oxygen atoms in total. The molecule has 176 valence electrons. The van der Waals surface area contributed by atoms with Gasteiger partial charge in [-0.15, -0.1) is 0 Å². The first-order valence-corrected chi connectivity index (χ1v) is 12.4. The minimum absolute atomic E-state index is 0.0439. The van der Waals surface area contributed by atoms with E-state index in [9.17, 15) is 19.6 Å². The number of thioether (sulfide) groups is 1. The van der Waals surface area contributed by atoms with Crippen LogP contribution in [0, 0.1) is 11.8 Å². The number of hydrogen-bond donors (Lipinski definition) is 3. The highest BCUT2D eigenvalue weighted by Gasteiger charge is 2.48. The first kappa shape index (κ1) is 25.7. The second-order valence-corrected chi connectivity index (χ2v) is 9.38. The summed E-state index contributed by atoms with van der Waals surface area (Å²) < 4.78 is 6.02. The maximum Gasteiger partial charge on any atom is 0.303 e. The summed E-state index contributed by atoms with van der Waals surface area (Å²) in [4.78, 5) is 34.6. The fourth-order valence-electron chi connectivity index (χ4n) is 4.22. The predicted octanol–water partition coefficient (Wildman–Crippen LogP) is 2.85. The third-order valence-corrected chi connectivity index (χ3v) is 6.95. The monoisotopic (exact) mass is 456 g/mol. The molecule has 0 radical (unpaired) electrons. The number of hydrogen-bond acceptors (Lipinski definition) is 6. The molecule has 2 amide bonds. The molecule has 2 saturated heterocycles. The zero-order valence-corrected chi connectivity index (χ0v) is 19.1. The predicted molar refractivity (Wildman–Crippen MR) is 119 cm³/mol. The molecule has 4 atom stereocenters. The smallest absolute Gasteiger partial charge is 0.303 e. The highest BCUT2D eigenvalue weighted by atomic mass is 32.2. The van der Waals surface area contributed by atoms with E-state index in [-0.39, 0.29) is 49.5 Å². The SMILES string of the molecule is CCCCSCC(=O)NCC(=O)N(O)C[C@@H]1[C@H](C/C=C\CCCC(=O)O)[C@@H]2CC[C@H]1O2. The molecular weight excluding hydrogens is 420 g/mol. The summed E-state index contributed by atoms with van der Waals surface area (Å²) in [6.45, 7) is 2.08. The van der Waals surface area contributed by atoms with E-state index >= 15 is 0 Å². The van der Waals surface area contributed by atoms with Crippen molar-refractivity contribution in [2.45, 2.75) is 70.5 Å². The van der Waals surface area contributed by atoms with Gasteiger partial charge >= 0.3 is 5.97 Å². The van der Waals surface area contributed by atoms with E-state index in [2.05, 4.69) is 18.3 Å². The third-order valence-electron chi connectivity index (χ3n) is 5.91. The second-order valence-electron chi connectivity index (χ2n) is 8.27. The van der Waals surface area contributed by atoms with Gasteiger partial charge in [0.2, 0.25) is 5.91 Å². The lowest BCUT2D eigenvalue weighted by Crippen LogP contribution is -2.44. The van der Waals surface area contributed by atoms with E-state index in [1.807, 2.05) is 6.08 Å². The number of aliphatic carboxylic acids is 1. The van der Waals surface area contributed by atoms with Crippen molar-refractivity contribution in [1.82, 2.24) is 10.4 Å². The molecule has 2 rings (SSSR count). The first-order valence-electron chi connectivity index (χ1n) is 11.3. The molecular formula is C22H36N2O6S. The Morgan fingerprint density at radius 3 is 2.61 bits per heavy atom. The maximum absolute atomic E-state index is 12.3. The van der Waals surface area contributed by atoms with Crippen LogP contribution in [0.4, 0.5) is 0 Å². The van der Waals surface area contributed by atoms with Crippen LogP contribution < -0.4 is 5.32 Å². The van der Waals surface area contributed by atoms with Crippen molar-refractivity contribution in [3.63, 3.8) is 0 Å². The van der Waals surface area contributed by atoms with Gasteiger partial charge in [0.25, 0.3) is 5.91 Å². The van der Waals surface area contributed by atoms with E-state index in [1.54, 1.807) is 11.8 Å². The number of nitrogens with one attached hydrogen (secondary N) is 1. The van der Waals surface area contributed by atoms with Gasteiger partial charge in [0, 0.05) is 12.3 Å². The van der Waals surface area contributed by atoms with Crippen molar-refractivity contribution in [2.24, 2.45) is 11.8 Å². The van der Waals surface area contributed by atoms with E-state index in [4.69, 9.17) is 9.84 Å². The van der Waals surface area contributed by atoms with E-state index in [0.717, 1.165) is 49.3 Å². The van der Waals surface area contributed by atoms with Crippen molar-refractivity contribution in [1.29, 1.82) is 0 Å². The molecule has 31 heavy (non-hydrogen) atoms. The first-order chi connectivity index (χ1) is 14.9. The molecule has 0 saturated carbocycles. The van der Waals surface area contributed by atoms with Crippen LogP contribution in [0.5, 0.6) is 0 Å². The number of rotatable bonds is 15. The Morgan fingerprint density at radius 2 is 1.90 bits per heavy atom. The van der Waals surface area contributed by atoms with Gasteiger partial charge in [-0.05, 0) is 50.2 Å². The van der Waals surface area contributed by atoms with E-state index in [1.165, 1.54) is 0 Å². The summed E-state index contributed by atoms with van der Waals surface area (Å²) in [5.74, 6) is 0.0191. The Kier molecular flexibility index (Phi) is 11.4. The lowest BCUT2D eigenvalue weighted by molar-refractivity contribution is -0.168. The molecule has 2 fully saturated rings. The lowest BCUT2D eigenvalue weighted by Gasteiger charge is -2.29. The largest absolute Gasteiger partial charge is 0.481 e. The van der Waals surface area contributed by atoms with Crippen molar-refractivity contribution in [3.8, 4) is 0 Å². The minimum Gasteiger partial charge on any atom is -0.481 e. The number of carbonyl (C=O) groups excluding carboxylic acids is 2. The summed E-state index contributed by atoms with van der Waals surface area (Å²) >= 11 is 1.54. The molecule has 0 aromatic heterocycles. The van der Waals surface area contributed by atoms with Gasteiger partial charge < -0.3 is 15.2 Å². The second kappa shape index (κ2) is 13.8. The van der Waals surface area contributed by atoms with E-state index < -0.39 is 11.9 Å². The number of ether oxygens (including phenoxy) is 1. The Morgan fingerprint density at radius 1 is 1.16 bits per heavy atom. The summed E-state index contributed by atoms with van der Waals surface area (Å²) in [5.41, 5.74) is 0. The zero-order chi connectivity index (χ0) is 22.6. The number of carboxylic acids is 1. The summed E-state index contributed by atoms with van der Waals surface area (Å²) in [6, 6.07) is 0. The zero-order valence-electron chi connectivity index (χ0n) is 18.3. The number of carboxylic acid groups (broad SMARTS) is 1. The molecule has 2 aliphatic rings. The average Bonchev–Trinajstić information content (AvgIpc) is 3.34. The average molecular weight is 457 g/mol. The lowest BCUT2D eigenvalue weighted by atomic mass is 9.77. The van der Waals surface area contributed by atoms with Crippen LogP contribution in [0.15, 0.2) is 12.2 Å². The molecule has 2 aliphatic heterocycles.